The van der Waals surface area contributed by atoms with Crippen molar-refractivity contribution in [1.82, 2.24) is 9.97 Å². The molecule has 5 nitrogen and oxygen atoms in total. The standard InChI is InChI=1S/C8H11N3O2/c1-4(12)3-6-5(2)10-8(9)11-7(6)13/h3H2,1-2H3,(H3,9,10,11,13). The zero-order chi connectivity index (χ0) is 10.0. The predicted octanol–water partition coefficient (Wildman–Crippen LogP) is -0.208. The molecule has 0 aliphatic heterocycles. The van der Waals surface area contributed by atoms with Gasteiger partial charge in [-0.25, -0.2) is 0 Å². The summed E-state index contributed by atoms with van der Waals surface area (Å²) in [6.45, 7) is 3.12. The third-order valence-corrected chi connectivity index (χ3v) is 1.67. The van der Waals surface area contributed by atoms with E-state index >= 15 is 0 Å². The van der Waals surface area contributed by atoms with Crippen LogP contribution in [0.2, 0.25) is 0 Å². The molecule has 0 atom stereocenters. The summed E-state index contributed by atoms with van der Waals surface area (Å²) in [5.41, 5.74) is 5.88. The number of nitrogens with one attached hydrogen (secondary N) is 1. The molecule has 0 amide bonds. The number of nitrogens with zero attached hydrogens (tertiary/aromatic N) is 1. The molecule has 0 saturated carbocycles. The highest BCUT2D eigenvalue weighted by atomic mass is 16.1. The second-order valence-corrected chi connectivity index (χ2v) is 2.91. The zero-order valence-corrected chi connectivity index (χ0v) is 7.55. The molecule has 1 rings (SSSR count). The lowest BCUT2D eigenvalue weighted by Gasteiger charge is -2.02. The van der Waals surface area contributed by atoms with Crippen molar-refractivity contribution in [3.8, 4) is 0 Å². The Morgan fingerprint density at radius 3 is 2.69 bits per heavy atom. The minimum Gasteiger partial charge on any atom is -0.369 e. The molecule has 0 bridgehead atoms. The largest absolute Gasteiger partial charge is 0.369 e. The summed E-state index contributed by atoms with van der Waals surface area (Å²) >= 11 is 0. The average Bonchev–Trinajstić information content (AvgIpc) is 1.96. The van der Waals surface area contributed by atoms with Gasteiger partial charge in [-0.15, -0.1) is 0 Å². The molecule has 0 spiro atoms. The van der Waals surface area contributed by atoms with Gasteiger partial charge >= 0.3 is 0 Å². The Morgan fingerprint density at radius 2 is 2.23 bits per heavy atom. The summed E-state index contributed by atoms with van der Waals surface area (Å²) < 4.78 is 0. The van der Waals surface area contributed by atoms with E-state index in [-0.39, 0.29) is 18.2 Å². The van der Waals surface area contributed by atoms with Crippen LogP contribution < -0.4 is 11.3 Å². The summed E-state index contributed by atoms with van der Waals surface area (Å²) in [5, 5.41) is 0. The van der Waals surface area contributed by atoms with Gasteiger partial charge in [0.1, 0.15) is 5.78 Å². The highest BCUT2D eigenvalue weighted by molar-refractivity contribution is 5.78. The molecule has 5 heteroatoms. The summed E-state index contributed by atoms with van der Waals surface area (Å²) in [6, 6.07) is 0. The molecular weight excluding hydrogens is 170 g/mol. The molecule has 13 heavy (non-hydrogen) atoms. The van der Waals surface area contributed by atoms with E-state index in [4.69, 9.17) is 5.73 Å². The van der Waals surface area contributed by atoms with Gasteiger partial charge in [0.15, 0.2) is 0 Å². The molecule has 0 aliphatic carbocycles. The van der Waals surface area contributed by atoms with Gasteiger partial charge in [-0.2, -0.15) is 4.98 Å². The minimum absolute atomic E-state index is 0.0693. The lowest BCUT2D eigenvalue weighted by Crippen LogP contribution is -2.20. The van der Waals surface area contributed by atoms with E-state index < -0.39 is 5.56 Å². The summed E-state index contributed by atoms with van der Waals surface area (Å²) in [5.74, 6) is 0.00923. The fourth-order valence-corrected chi connectivity index (χ4v) is 1.09. The third kappa shape index (κ3) is 2.14. The van der Waals surface area contributed by atoms with Crippen molar-refractivity contribution in [3.05, 3.63) is 21.6 Å². The van der Waals surface area contributed by atoms with Gasteiger partial charge in [0, 0.05) is 17.7 Å². The van der Waals surface area contributed by atoms with Crippen LogP contribution in [0.3, 0.4) is 0 Å². The van der Waals surface area contributed by atoms with Crippen LogP contribution in [0.5, 0.6) is 0 Å². The summed E-state index contributed by atoms with van der Waals surface area (Å²) in [4.78, 5) is 28.2. The van der Waals surface area contributed by atoms with Crippen molar-refractivity contribution in [2.45, 2.75) is 20.3 Å². The fraction of sp³-hybridized carbons (Fsp3) is 0.375. The number of aryl methyl sites for hydroxylation is 1. The molecule has 0 aromatic carbocycles. The predicted molar refractivity (Wildman–Crippen MR) is 48.4 cm³/mol. The van der Waals surface area contributed by atoms with Gasteiger partial charge < -0.3 is 10.7 Å². The molecule has 3 N–H and O–H groups in total. The molecule has 0 aliphatic rings. The number of hydrogen-bond donors (Lipinski definition) is 2. The van der Waals surface area contributed by atoms with Crippen molar-refractivity contribution >= 4 is 11.7 Å². The summed E-state index contributed by atoms with van der Waals surface area (Å²) in [7, 11) is 0. The average molecular weight is 181 g/mol. The van der Waals surface area contributed by atoms with Gasteiger partial charge in [0.2, 0.25) is 5.95 Å². The first kappa shape index (κ1) is 9.44. The number of aromatic nitrogens is 2. The van der Waals surface area contributed by atoms with Crippen LogP contribution in [-0.2, 0) is 11.2 Å². The van der Waals surface area contributed by atoms with Crippen molar-refractivity contribution in [2.24, 2.45) is 0 Å². The van der Waals surface area contributed by atoms with Gasteiger partial charge in [-0.05, 0) is 13.8 Å². The fourth-order valence-electron chi connectivity index (χ4n) is 1.09. The van der Waals surface area contributed by atoms with E-state index in [2.05, 4.69) is 9.97 Å². The maximum absolute atomic E-state index is 11.2. The Kier molecular flexibility index (Phi) is 2.46. The lowest BCUT2D eigenvalue weighted by atomic mass is 10.1. The molecule has 1 aromatic rings. The Hall–Kier alpha value is -1.65. The first-order valence-corrected chi connectivity index (χ1v) is 3.85. The second-order valence-electron chi connectivity index (χ2n) is 2.91. The van der Waals surface area contributed by atoms with E-state index in [0.717, 1.165) is 0 Å². The number of H-pyrrole nitrogens is 1. The van der Waals surface area contributed by atoms with Crippen LogP contribution in [-0.4, -0.2) is 15.8 Å². The Balaban J connectivity index is 3.21. The topological polar surface area (TPSA) is 88.8 Å². The Morgan fingerprint density at radius 1 is 1.62 bits per heavy atom. The highest BCUT2D eigenvalue weighted by Crippen LogP contribution is 2.00. The minimum atomic E-state index is -0.427. The number of ketones is 1. The molecule has 1 aromatic heterocycles. The quantitative estimate of drug-likeness (QED) is 0.660. The van der Waals surface area contributed by atoms with Crippen molar-refractivity contribution in [2.75, 3.05) is 5.73 Å². The number of nitrogens with two attached hydrogens (primary N) is 1. The number of rotatable bonds is 2. The molecule has 70 valence electrons. The first-order chi connectivity index (χ1) is 6.00. The van der Waals surface area contributed by atoms with Crippen molar-refractivity contribution in [1.29, 1.82) is 0 Å². The smallest absolute Gasteiger partial charge is 0.278 e. The highest BCUT2D eigenvalue weighted by Gasteiger charge is 2.08. The van der Waals surface area contributed by atoms with Crippen LogP contribution in [0.4, 0.5) is 5.95 Å². The zero-order valence-electron chi connectivity index (χ0n) is 7.55. The number of nitrogen functional groups attached to an aromatic ring is 1. The number of hydrogen-bond acceptors (Lipinski definition) is 4. The molecule has 1 heterocycles. The monoisotopic (exact) mass is 181 g/mol. The number of carbonyl (C=O) groups excluding carboxylic acids is 1. The van der Waals surface area contributed by atoms with E-state index in [9.17, 15) is 9.59 Å². The maximum Gasteiger partial charge on any atom is 0.278 e. The van der Waals surface area contributed by atoms with Gasteiger partial charge in [-0.3, -0.25) is 9.59 Å². The number of carbonyl (C=O) groups is 1. The first-order valence-electron chi connectivity index (χ1n) is 3.85. The second kappa shape index (κ2) is 3.38. The third-order valence-electron chi connectivity index (χ3n) is 1.67. The number of anilines is 1. The molecule has 0 unspecified atom stereocenters. The van der Waals surface area contributed by atoms with E-state index in [1.165, 1.54) is 6.92 Å². The molecule has 0 radical (unpaired) electrons. The van der Waals surface area contributed by atoms with E-state index in [0.29, 0.717) is 11.3 Å². The van der Waals surface area contributed by atoms with Crippen LogP contribution in [0.15, 0.2) is 4.79 Å². The SMILES string of the molecule is CC(=O)Cc1c(C)[nH]c(N)nc1=O. The van der Waals surface area contributed by atoms with Crippen LogP contribution >= 0.6 is 0 Å². The van der Waals surface area contributed by atoms with Gasteiger partial charge in [0.25, 0.3) is 5.56 Å². The number of Topliss-reactive ketones (excluding diaryl/α,β-unsaturated/α-hetero) is 1. The lowest BCUT2D eigenvalue weighted by molar-refractivity contribution is -0.116. The maximum atomic E-state index is 11.2. The van der Waals surface area contributed by atoms with Crippen LogP contribution in [0.1, 0.15) is 18.2 Å². The Labute approximate surface area is 75.0 Å². The van der Waals surface area contributed by atoms with Crippen molar-refractivity contribution in [3.63, 3.8) is 0 Å². The van der Waals surface area contributed by atoms with Crippen LogP contribution in [0, 0.1) is 6.92 Å². The van der Waals surface area contributed by atoms with Crippen LogP contribution in [0.25, 0.3) is 0 Å². The van der Waals surface area contributed by atoms with Gasteiger partial charge in [0.05, 0.1) is 0 Å². The van der Waals surface area contributed by atoms with E-state index in [1.54, 1.807) is 6.92 Å². The summed E-state index contributed by atoms with van der Waals surface area (Å²) in [6.07, 6.45) is 0.106. The van der Waals surface area contributed by atoms with Crippen molar-refractivity contribution < 1.29 is 4.79 Å². The normalized spacial score (nSPS) is 10.0. The molecule has 0 saturated heterocycles. The molecular formula is C8H11N3O2. The number of aromatic amines is 1. The van der Waals surface area contributed by atoms with E-state index in [1.807, 2.05) is 0 Å². The Bertz CT molecular complexity index is 395. The van der Waals surface area contributed by atoms with Gasteiger partial charge in [-0.1, -0.05) is 0 Å². The molecule has 0 fully saturated rings.